The number of benzene rings is 3. The molecule has 0 spiro atoms. The molecule has 0 aliphatic carbocycles. The molecule has 3 aromatic rings. The molecule has 10 nitrogen and oxygen atoms in total. The molecule has 0 aliphatic heterocycles. The van der Waals surface area contributed by atoms with E-state index in [9.17, 15) is 24.5 Å². The summed E-state index contributed by atoms with van der Waals surface area (Å²) in [5, 5.41) is 16.9. The van der Waals surface area contributed by atoms with Crippen molar-refractivity contribution in [3.63, 3.8) is 0 Å². The van der Waals surface area contributed by atoms with Crippen LogP contribution in [0.5, 0.6) is 0 Å². The Labute approximate surface area is 182 Å². The third-order valence-electron chi connectivity index (χ3n) is 4.27. The molecule has 0 saturated heterocycles. The quantitative estimate of drug-likeness (QED) is 0.279. The Hall–Kier alpha value is -4.73. The fourth-order valence-corrected chi connectivity index (χ4v) is 2.72. The number of anilines is 3. The molecule has 3 rings (SSSR count). The van der Waals surface area contributed by atoms with E-state index in [2.05, 4.69) is 10.6 Å². The first-order chi connectivity index (χ1) is 15.3. The summed E-state index contributed by atoms with van der Waals surface area (Å²) in [5.41, 5.74) is 6.26. The van der Waals surface area contributed by atoms with Gasteiger partial charge in [0.25, 0.3) is 11.6 Å². The van der Waals surface area contributed by atoms with E-state index in [0.717, 1.165) is 6.07 Å². The second-order valence-electron chi connectivity index (χ2n) is 6.55. The number of hydrogen-bond donors (Lipinski definition) is 3. The number of para-hydroxylation sites is 1. The lowest BCUT2D eigenvalue weighted by Gasteiger charge is -2.09. The number of primary amides is 1. The van der Waals surface area contributed by atoms with E-state index >= 15 is 0 Å². The Morgan fingerprint density at radius 1 is 0.906 bits per heavy atom. The van der Waals surface area contributed by atoms with Crippen molar-refractivity contribution in [1.29, 1.82) is 0 Å². The van der Waals surface area contributed by atoms with Gasteiger partial charge in [0.15, 0.2) is 6.61 Å². The first-order valence-electron chi connectivity index (χ1n) is 9.31. The first kappa shape index (κ1) is 22.0. The maximum absolute atomic E-state index is 12.3. The lowest BCUT2D eigenvalue weighted by Crippen LogP contribution is -2.21. The summed E-state index contributed by atoms with van der Waals surface area (Å²) >= 11 is 0. The highest BCUT2D eigenvalue weighted by Crippen LogP contribution is 2.29. The Morgan fingerprint density at radius 3 is 2.19 bits per heavy atom. The number of nitro benzene ring substituents is 1. The van der Waals surface area contributed by atoms with Crippen LogP contribution in [-0.2, 0) is 9.53 Å². The highest BCUT2D eigenvalue weighted by molar-refractivity contribution is 5.97. The summed E-state index contributed by atoms with van der Waals surface area (Å²) in [7, 11) is 0. The smallest absolute Gasteiger partial charge is 0.338 e. The van der Waals surface area contributed by atoms with Gasteiger partial charge < -0.3 is 21.1 Å². The van der Waals surface area contributed by atoms with E-state index in [-0.39, 0.29) is 22.5 Å². The van der Waals surface area contributed by atoms with Crippen molar-refractivity contribution in [1.82, 2.24) is 0 Å². The van der Waals surface area contributed by atoms with Crippen LogP contribution in [0.25, 0.3) is 0 Å². The first-order valence-corrected chi connectivity index (χ1v) is 9.31. The molecule has 0 saturated carbocycles. The van der Waals surface area contributed by atoms with Gasteiger partial charge in [-0.15, -0.1) is 0 Å². The van der Waals surface area contributed by atoms with Crippen LogP contribution >= 0.6 is 0 Å². The second kappa shape index (κ2) is 9.85. The molecule has 0 heterocycles. The van der Waals surface area contributed by atoms with Crippen molar-refractivity contribution >= 4 is 40.5 Å². The molecule has 162 valence electrons. The van der Waals surface area contributed by atoms with E-state index in [4.69, 9.17) is 10.5 Å². The molecule has 2 amide bonds. The molecule has 32 heavy (non-hydrogen) atoms. The van der Waals surface area contributed by atoms with Crippen LogP contribution in [0.2, 0.25) is 0 Å². The van der Waals surface area contributed by atoms with Crippen LogP contribution in [-0.4, -0.2) is 29.3 Å². The third-order valence-corrected chi connectivity index (χ3v) is 4.27. The minimum absolute atomic E-state index is 0.0751. The fraction of sp³-hybridized carbons (Fsp3) is 0.0455. The SMILES string of the molecule is NC(=O)c1ccc(NC(=O)COC(=O)c2ccc(Nc3ccccc3)c([N+](=O)[O-])c2)cc1. The summed E-state index contributed by atoms with van der Waals surface area (Å²) < 4.78 is 4.95. The molecule has 0 bridgehead atoms. The highest BCUT2D eigenvalue weighted by Gasteiger charge is 2.19. The maximum Gasteiger partial charge on any atom is 0.338 e. The molecule has 0 unspecified atom stereocenters. The zero-order valence-corrected chi connectivity index (χ0v) is 16.6. The van der Waals surface area contributed by atoms with Crippen LogP contribution < -0.4 is 16.4 Å². The van der Waals surface area contributed by atoms with Gasteiger partial charge >= 0.3 is 5.97 Å². The summed E-state index contributed by atoms with van der Waals surface area (Å²) in [4.78, 5) is 46.1. The van der Waals surface area contributed by atoms with E-state index in [0.29, 0.717) is 11.4 Å². The summed E-state index contributed by atoms with van der Waals surface area (Å²) in [6, 6.07) is 18.5. The molecule has 0 aromatic heterocycles. The zero-order chi connectivity index (χ0) is 23.1. The van der Waals surface area contributed by atoms with Crippen LogP contribution in [0.3, 0.4) is 0 Å². The molecule has 0 radical (unpaired) electrons. The van der Waals surface area contributed by atoms with Crippen molar-refractivity contribution in [2.75, 3.05) is 17.2 Å². The Balaban J connectivity index is 1.62. The Morgan fingerprint density at radius 2 is 1.56 bits per heavy atom. The maximum atomic E-state index is 12.3. The normalized spacial score (nSPS) is 10.1. The zero-order valence-electron chi connectivity index (χ0n) is 16.6. The highest BCUT2D eigenvalue weighted by atomic mass is 16.6. The minimum atomic E-state index is -0.890. The van der Waals surface area contributed by atoms with E-state index in [1.807, 2.05) is 6.07 Å². The number of hydrogen-bond acceptors (Lipinski definition) is 7. The van der Waals surface area contributed by atoms with Crippen molar-refractivity contribution in [3.8, 4) is 0 Å². The largest absolute Gasteiger partial charge is 0.452 e. The van der Waals surface area contributed by atoms with Gasteiger partial charge in [-0.25, -0.2) is 4.79 Å². The lowest BCUT2D eigenvalue weighted by molar-refractivity contribution is -0.383. The van der Waals surface area contributed by atoms with E-state index in [1.165, 1.54) is 36.4 Å². The van der Waals surface area contributed by atoms with Crippen LogP contribution in [0.4, 0.5) is 22.7 Å². The van der Waals surface area contributed by atoms with Crippen LogP contribution in [0.15, 0.2) is 72.8 Å². The standard InChI is InChI=1S/C22H18N4O6/c23-21(28)14-6-9-17(10-7-14)25-20(27)13-32-22(29)15-8-11-18(19(12-15)26(30)31)24-16-4-2-1-3-5-16/h1-12,24H,13H2,(H2,23,28)(H,25,27). The summed E-state index contributed by atoms with van der Waals surface area (Å²) in [5.74, 6) is -2.11. The van der Waals surface area contributed by atoms with Gasteiger partial charge in [-0.2, -0.15) is 0 Å². The number of esters is 1. The lowest BCUT2D eigenvalue weighted by atomic mass is 10.1. The van der Waals surface area contributed by atoms with Crippen molar-refractivity contribution in [3.05, 3.63) is 94.0 Å². The number of amides is 2. The molecular formula is C22H18N4O6. The summed E-state index contributed by atoms with van der Waals surface area (Å²) in [6.45, 7) is -0.603. The van der Waals surface area contributed by atoms with Crippen molar-refractivity contribution in [2.45, 2.75) is 0 Å². The number of ether oxygens (including phenoxy) is 1. The Bertz CT molecular complexity index is 1160. The van der Waals surface area contributed by atoms with Gasteiger partial charge in [0.2, 0.25) is 5.91 Å². The van der Waals surface area contributed by atoms with Crippen molar-refractivity contribution in [2.24, 2.45) is 5.73 Å². The minimum Gasteiger partial charge on any atom is -0.452 e. The number of carbonyl (C=O) groups excluding carboxylic acids is 3. The fourth-order valence-electron chi connectivity index (χ4n) is 2.72. The predicted octanol–water partition coefficient (Wildman–Crippen LogP) is 3.23. The third kappa shape index (κ3) is 5.66. The molecule has 0 aliphatic rings. The van der Waals surface area contributed by atoms with Gasteiger partial charge in [-0.1, -0.05) is 18.2 Å². The molecule has 4 N–H and O–H groups in total. The van der Waals surface area contributed by atoms with Gasteiger partial charge in [0.05, 0.1) is 10.5 Å². The van der Waals surface area contributed by atoms with Crippen LogP contribution in [0.1, 0.15) is 20.7 Å². The predicted molar refractivity (Wildman–Crippen MR) is 117 cm³/mol. The van der Waals surface area contributed by atoms with Crippen molar-refractivity contribution < 1.29 is 24.0 Å². The number of carbonyl (C=O) groups is 3. The molecular weight excluding hydrogens is 416 g/mol. The Kier molecular flexibility index (Phi) is 6.76. The van der Waals surface area contributed by atoms with Gasteiger partial charge in [-0.05, 0) is 48.5 Å². The van der Waals surface area contributed by atoms with Gasteiger partial charge in [-0.3, -0.25) is 19.7 Å². The molecule has 0 fully saturated rings. The monoisotopic (exact) mass is 434 g/mol. The van der Waals surface area contributed by atoms with Crippen LogP contribution in [0, 0.1) is 10.1 Å². The number of rotatable bonds is 8. The number of nitrogens with one attached hydrogen (secondary N) is 2. The second-order valence-corrected chi connectivity index (χ2v) is 6.55. The van der Waals surface area contributed by atoms with Gasteiger partial charge in [0.1, 0.15) is 5.69 Å². The topological polar surface area (TPSA) is 154 Å². The average Bonchev–Trinajstić information content (AvgIpc) is 2.78. The number of nitrogens with zero attached hydrogens (tertiary/aromatic N) is 1. The number of nitrogens with two attached hydrogens (primary N) is 1. The van der Waals surface area contributed by atoms with Gasteiger partial charge in [0, 0.05) is 23.0 Å². The van der Waals surface area contributed by atoms with E-state index in [1.54, 1.807) is 24.3 Å². The number of nitro groups is 1. The molecule has 10 heteroatoms. The van der Waals surface area contributed by atoms with E-state index < -0.39 is 29.3 Å². The summed E-state index contributed by atoms with van der Waals surface area (Å²) in [6.07, 6.45) is 0. The molecule has 0 atom stereocenters. The molecule has 3 aromatic carbocycles. The average molecular weight is 434 g/mol.